The molecule has 32 heavy (non-hydrogen) atoms. The Morgan fingerprint density at radius 2 is 1.62 bits per heavy atom. The van der Waals surface area contributed by atoms with E-state index in [-0.39, 0.29) is 22.9 Å². The molecule has 4 saturated carbocycles. The lowest BCUT2D eigenvalue weighted by Crippen LogP contribution is -2.58. The SMILES string of the molecule is CC1(C)COC(C)([C@H]2CCC3C4CCC5C[C@@H](O[N+](=O)[O-])CC[C@]5(C)C4CC[C@@]32C)N1[O-]. The van der Waals surface area contributed by atoms with Crippen LogP contribution in [0.1, 0.15) is 92.4 Å². The van der Waals surface area contributed by atoms with Gasteiger partial charge in [-0.25, -0.2) is 0 Å². The summed E-state index contributed by atoms with van der Waals surface area (Å²) in [4.78, 5) is 15.9. The Balaban J connectivity index is 1.36. The molecule has 5 fully saturated rings. The number of nitrogens with zero attached hydrogens (tertiary/aromatic N) is 2. The molecule has 5 aliphatic rings. The number of rotatable bonds is 3. The van der Waals surface area contributed by atoms with E-state index in [1.807, 2.05) is 20.8 Å². The Labute approximate surface area is 192 Å². The molecule has 182 valence electrons. The molecular weight excluding hydrogens is 408 g/mol. The summed E-state index contributed by atoms with van der Waals surface area (Å²) in [7, 11) is 0. The molecule has 0 radical (unpaired) electrons. The maximum absolute atomic E-state index is 13.3. The minimum atomic E-state index is -0.723. The van der Waals surface area contributed by atoms with Crippen molar-refractivity contribution in [1.82, 2.24) is 5.06 Å². The first-order valence-corrected chi connectivity index (χ1v) is 12.8. The van der Waals surface area contributed by atoms with Gasteiger partial charge in [0.15, 0.2) is 0 Å². The van der Waals surface area contributed by atoms with Crippen molar-refractivity contribution in [3.05, 3.63) is 15.3 Å². The molecular formula is C25H41N2O5-. The third-order valence-electron chi connectivity index (χ3n) is 11.2. The van der Waals surface area contributed by atoms with E-state index in [1.54, 1.807) is 0 Å². The maximum atomic E-state index is 13.3. The van der Waals surface area contributed by atoms with E-state index in [1.165, 1.54) is 24.3 Å². The number of hydroxylamine groups is 2. The highest BCUT2D eigenvalue weighted by molar-refractivity contribution is 5.13. The molecule has 5 rings (SSSR count). The number of hydrogen-bond donors (Lipinski definition) is 0. The van der Waals surface area contributed by atoms with Crippen LogP contribution in [0.2, 0.25) is 0 Å². The van der Waals surface area contributed by atoms with Gasteiger partial charge >= 0.3 is 0 Å². The van der Waals surface area contributed by atoms with Crippen LogP contribution in [0.4, 0.5) is 0 Å². The van der Waals surface area contributed by atoms with Crippen molar-refractivity contribution in [2.75, 3.05) is 6.61 Å². The lowest BCUT2D eigenvalue weighted by molar-refractivity contribution is -0.770. The van der Waals surface area contributed by atoms with E-state index >= 15 is 0 Å². The largest absolute Gasteiger partial charge is 0.783 e. The first-order chi connectivity index (χ1) is 14.9. The predicted molar refractivity (Wildman–Crippen MR) is 121 cm³/mol. The van der Waals surface area contributed by atoms with Gasteiger partial charge in [0.05, 0.1) is 6.61 Å². The zero-order valence-corrected chi connectivity index (χ0v) is 20.5. The van der Waals surface area contributed by atoms with Gasteiger partial charge in [-0.05, 0) is 113 Å². The van der Waals surface area contributed by atoms with Gasteiger partial charge in [-0.3, -0.25) is 0 Å². The lowest BCUT2D eigenvalue weighted by atomic mass is 9.44. The van der Waals surface area contributed by atoms with Crippen LogP contribution in [0.15, 0.2) is 0 Å². The molecule has 0 aromatic heterocycles. The fourth-order valence-corrected chi connectivity index (χ4v) is 9.60. The minimum absolute atomic E-state index is 0.147. The van der Waals surface area contributed by atoms with Crippen LogP contribution in [0.3, 0.4) is 0 Å². The van der Waals surface area contributed by atoms with Crippen molar-refractivity contribution in [2.45, 2.75) is 110 Å². The summed E-state index contributed by atoms with van der Waals surface area (Å²) in [5.41, 5.74) is -0.775. The monoisotopic (exact) mass is 449 g/mol. The summed E-state index contributed by atoms with van der Waals surface area (Å²) in [6.45, 7) is 11.5. The maximum Gasteiger partial charge on any atom is 0.294 e. The molecule has 0 spiro atoms. The van der Waals surface area contributed by atoms with Crippen LogP contribution in [0.25, 0.3) is 0 Å². The van der Waals surface area contributed by atoms with E-state index in [9.17, 15) is 15.3 Å². The quantitative estimate of drug-likeness (QED) is 0.415. The number of ether oxygens (including phenoxy) is 1. The zero-order chi connectivity index (χ0) is 23.1. The topological polar surface area (TPSA) is 87.9 Å². The predicted octanol–water partition coefficient (Wildman–Crippen LogP) is 5.55. The van der Waals surface area contributed by atoms with Crippen molar-refractivity contribution in [3.63, 3.8) is 0 Å². The second-order valence-electron chi connectivity index (χ2n) is 13.0. The molecule has 1 heterocycles. The van der Waals surface area contributed by atoms with Crippen molar-refractivity contribution in [2.24, 2.45) is 40.4 Å². The molecule has 0 aromatic carbocycles. The summed E-state index contributed by atoms with van der Waals surface area (Å²) >= 11 is 0. The molecule has 9 atom stereocenters. The van der Waals surface area contributed by atoms with E-state index in [0.717, 1.165) is 38.5 Å². The smallest absolute Gasteiger partial charge is 0.294 e. The number of fused-ring (bicyclic) bond motifs is 5. The first-order valence-electron chi connectivity index (χ1n) is 12.8. The van der Waals surface area contributed by atoms with Gasteiger partial charge in [-0.15, -0.1) is 10.1 Å². The van der Waals surface area contributed by atoms with Crippen LogP contribution in [-0.2, 0) is 9.57 Å². The van der Waals surface area contributed by atoms with Gasteiger partial charge in [0.25, 0.3) is 5.09 Å². The zero-order valence-electron chi connectivity index (χ0n) is 20.5. The summed E-state index contributed by atoms with van der Waals surface area (Å²) in [6.07, 6.45) is 9.45. The second kappa shape index (κ2) is 7.29. The standard InChI is InChI=1S/C25H41N2O5/c1-22(2)15-31-25(5,26(22)28)21-9-8-19-18-7-6-16-14-17(32-27(29)30)10-12-23(16,3)20(18)11-13-24(19,21)4/h16-21H,6-15H2,1-5H3/q-1/t16?,17-,18?,19?,20?,21-,23-,24-,25?/m0/s1. The second-order valence-corrected chi connectivity index (χ2v) is 13.0. The molecule has 0 bridgehead atoms. The summed E-state index contributed by atoms with van der Waals surface area (Å²) < 4.78 is 6.30. The van der Waals surface area contributed by atoms with E-state index in [2.05, 4.69) is 13.8 Å². The Bertz CT molecular complexity index is 775. The Morgan fingerprint density at radius 3 is 2.28 bits per heavy atom. The van der Waals surface area contributed by atoms with Crippen molar-refractivity contribution < 1.29 is 14.7 Å². The van der Waals surface area contributed by atoms with Gasteiger partial charge in [0, 0.05) is 11.5 Å². The van der Waals surface area contributed by atoms with Gasteiger partial charge in [0.2, 0.25) is 0 Å². The summed E-state index contributed by atoms with van der Waals surface area (Å²) in [5.74, 6) is 2.83. The average Bonchev–Trinajstić information content (AvgIpc) is 3.18. The average molecular weight is 450 g/mol. The Hall–Kier alpha value is -0.920. The molecule has 1 aliphatic heterocycles. The Kier molecular flexibility index (Phi) is 5.20. The van der Waals surface area contributed by atoms with E-state index in [0.29, 0.717) is 30.3 Å². The van der Waals surface area contributed by atoms with Crippen LogP contribution < -0.4 is 0 Å². The lowest BCUT2D eigenvalue weighted by Gasteiger charge is -2.62. The molecule has 0 amide bonds. The van der Waals surface area contributed by atoms with Gasteiger partial charge in [0.1, 0.15) is 11.8 Å². The molecule has 7 heteroatoms. The van der Waals surface area contributed by atoms with Gasteiger partial charge in [-0.1, -0.05) is 13.8 Å². The van der Waals surface area contributed by atoms with Crippen molar-refractivity contribution in [1.29, 1.82) is 0 Å². The summed E-state index contributed by atoms with van der Waals surface area (Å²) in [5, 5.41) is 24.9. The third kappa shape index (κ3) is 3.09. The third-order valence-corrected chi connectivity index (χ3v) is 11.2. The molecule has 0 N–H and O–H groups in total. The van der Waals surface area contributed by atoms with Crippen molar-refractivity contribution in [3.8, 4) is 0 Å². The fraction of sp³-hybridized carbons (Fsp3) is 1.00. The van der Waals surface area contributed by atoms with E-state index in [4.69, 9.17) is 9.57 Å². The highest BCUT2D eigenvalue weighted by atomic mass is 17.0. The van der Waals surface area contributed by atoms with E-state index < -0.39 is 16.4 Å². The van der Waals surface area contributed by atoms with Gasteiger partial charge < -0.3 is 19.8 Å². The highest BCUT2D eigenvalue weighted by Crippen LogP contribution is 2.69. The molecule has 5 unspecified atom stereocenters. The highest BCUT2D eigenvalue weighted by Gasteiger charge is 2.64. The normalized spacial score (nSPS) is 52.7. The summed E-state index contributed by atoms with van der Waals surface area (Å²) in [6, 6.07) is 0. The van der Waals surface area contributed by atoms with Crippen molar-refractivity contribution >= 4 is 0 Å². The molecule has 0 aromatic rings. The molecule has 4 aliphatic carbocycles. The van der Waals surface area contributed by atoms with Crippen LogP contribution in [-0.4, -0.2) is 34.1 Å². The molecule has 1 saturated heterocycles. The Morgan fingerprint density at radius 1 is 0.938 bits per heavy atom. The molecule has 7 nitrogen and oxygen atoms in total. The minimum Gasteiger partial charge on any atom is -0.783 e. The fourth-order valence-electron chi connectivity index (χ4n) is 9.60. The number of hydrogen-bond acceptors (Lipinski definition) is 6. The van der Waals surface area contributed by atoms with Crippen LogP contribution in [0, 0.1) is 55.7 Å². The van der Waals surface area contributed by atoms with Crippen LogP contribution in [0.5, 0.6) is 0 Å². The van der Waals surface area contributed by atoms with Crippen LogP contribution >= 0.6 is 0 Å². The van der Waals surface area contributed by atoms with Gasteiger partial charge in [-0.2, -0.15) is 0 Å². The first kappa shape index (κ1) is 22.9.